The lowest BCUT2D eigenvalue weighted by Gasteiger charge is -2.15. The summed E-state index contributed by atoms with van der Waals surface area (Å²) >= 11 is 0. The van der Waals surface area contributed by atoms with Crippen molar-refractivity contribution >= 4 is 21.8 Å². The highest BCUT2D eigenvalue weighted by molar-refractivity contribution is 6.05. The zero-order chi connectivity index (χ0) is 39.7. The lowest BCUT2D eigenvalue weighted by Crippen LogP contribution is -1.97. The Kier molecular flexibility index (Phi) is 9.36. The second kappa shape index (κ2) is 15.4. The molecule has 0 N–H and O–H groups in total. The van der Waals surface area contributed by atoms with E-state index in [9.17, 15) is 0 Å². The van der Waals surface area contributed by atoms with Crippen LogP contribution in [-0.2, 0) is 0 Å². The molecule has 0 amide bonds. The topological polar surface area (TPSA) is 51.6 Å². The number of hydrogen-bond donors (Lipinski definition) is 0. The largest absolute Gasteiger partial charge is 0.245 e. The molecule has 10 rings (SSSR count). The summed E-state index contributed by atoms with van der Waals surface area (Å²) < 4.78 is 0. The van der Waals surface area contributed by atoms with Crippen LogP contribution in [0.15, 0.2) is 200 Å². The van der Waals surface area contributed by atoms with E-state index < -0.39 is 0 Å². The van der Waals surface area contributed by atoms with Gasteiger partial charge in [-0.2, -0.15) is 0 Å². The van der Waals surface area contributed by atoms with Crippen molar-refractivity contribution in [1.82, 2.24) is 19.9 Å². The lowest BCUT2D eigenvalue weighted by atomic mass is 9.94. The Balaban J connectivity index is 1.01. The number of fused-ring (bicyclic) bond motifs is 3. The van der Waals surface area contributed by atoms with Gasteiger partial charge in [-0.25, -0.2) is 19.9 Å². The van der Waals surface area contributed by atoms with Crippen LogP contribution in [0.3, 0.4) is 0 Å². The molecule has 4 nitrogen and oxygen atoms in total. The van der Waals surface area contributed by atoms with Crippen molar-refractivity contribution < 1.29 is 0 Å². The number of nitrogens with zero attached hydrogens (tertiary/aromatic N) is 4. The van der Waals surface area contributed by atoms with E-state index in [1.54, 1.807) is 0 Å². The first-order valence-corrected chi connectivity index (χ1v) is 20.2. The molecule has 3 aromatic heterocycles. The van der Waals surface area contributed by atoms with Gasteiger partial charge < -0.3 is 0 Å². The van der Waals surface area contributed by atoms with Gasteiger partial charge in [0.05, 0.1) is 33.8 Å². The standard InChI is InChI=1S/C55H40N4/c1-36(2)48-34-50(57-54-47(48)31-29-43-30-32-49(56-53(43)54)40-15-8-4-9-16-40)46-20-12-19-45(33-46)39-21-25-42(26-22-39)52-35-51(41-17-10-5-11-18-41)58-55(59-52)44-27-23-38(24-28-44)37-13-6-3-7-14-37/h3-36H,1-2H3. The molecule has 7 aromatic carbocycles. The van der Waals surface area contributed by atoms with Gasteiger partial charge in [0.15, 0.2) is 5.82 Å². The third-order valence-corrected chi connectivity index (χ3v) is 11.1. The van der Waals surface area contributed by atoms with E-state index in [2.05, 4.69) is 184 Å². The van der Waals surface area contributed by atoms with E-state index in [1.165, 1.54) is 11.1 Å². The Morgan fingerprint density at radius 3 is 1.41 bits per heavy atom. The second-order valence-corrected chi connectivity index (χ2v) is 15.3. The molecule has 0 saturated carbocycles. The monoisotopic (exact) mass is 756 g/mol. The minimum atomic E-state index is 0.308. The van der Waals surface area contributed by atoms with Crippen molar-refractivity contribution in [2.75, 3.05) is 0 Å². The maximum absolute atomic E-state index is 5.35. The van der Waals surface area contributed by atoms with Gasteiger partial charge in [-0.1, -0.05) is 190 Å². The fourth-order valence-electron chi connectivity index (χ4n) is 7.91. The van der Waals surface area contributed by atoms with Crippen LogP contribution in [0.5, 0.6) is 0 Å². The quantitative estimate of drug-likeness (QED) is 0.145. The Morgan fingerprint density at radius 1 is 0.305 bits per heavy atom. The summed E-state index contributed by atoms with van der Waals surface area (Å²) in [5.41, 5.74) is 16.6. The fraction of sp³-hybridized carbons (Fsp3) is 0.0545. The van der Waals surface area contributed by atoms with Gasteiger partial charge in [-0.15, -0.1) is 0 Å². The number of pyridine rings is 2. The molecule has 0 aliphatic rings. The zero-order valence-electron chi connectivity index (χ0n) is 32.9. The first kappa shape index (κ1) is 35.8. The lowest BCUT2D eigenvalue weighted by molar-refractivity contribution is 0.875. The smallest absolute Gasteiger partial charge is 0.160 e. The maximum Gasteiger partial charge on any atom is 0.160 e. The van der Waals surface area contributed by atoms with Gasteiger partial charge in [0, 0.05) is 38.6 Å². The van der Waals surface area contributed by atoms with E-state index >= 15 is 0 Å². The van der Waals surface area contributed by atoms with Crippen LogP contribution in [0.4, 0.5) is 0 Å². The average molecular weight is 757 g/mol. The van der Waals surface area contributed by atoms with E-state index in [4.69, 9.17) is 19.9 Å². The molecule has 10 aromatic rings. The molecule has 0 spiro atoms. The van der Waals surface area contributed by atoms with Crippen LogP contribution in [0.25, 0.3) is 100 Å². The molecule has 0 atom stereocenters. The predicted molar refractivity (Wildman–Crippen MR) is 245 cm³/mol. The van der Waals surface area contributed by atoms with E-state index in [-0.39, 0.29) is 0 Å². The summed E-state index contributed by atoms with van der Waals surface area (Å²) in [5, 5.41) is 2.23. The molecule has 280 valence electrons. The van der Waals surface area contributed by atoms with Crippen LogP contribution >= 0.6 is 0 Å². The Hall–Kier alpha value is -7.56. The minimum absolute atomic E-state index is 0.308. The molecule has 0 bridgehead atoms. The summed E-state index contributed by atoms with van der Waals surface area (Å²) in [6.07, 6.45) is 0. The molecule has 0 saturated heterocycles. The van der Waals surface area contributed by atoms with Crippen LogP contribution in [-0.4, -0.2) is 19.9 Å². The molecule has 3 heterocycles. The molecule has 0 fully saturated rings. The summed E-state index contributed by atoms with van der Waals surface area (Å²) in [6, 6.07) is 70.0. The normalized spacial score (nSPS) is 11.4. The highest BCUT2D eigenvalue weighted by atomic mass is 14.9. The molecular formula is C55H40N4. The molecule has 59 heavy (non-hydrogen) atoms. The van der Waals surface area contributed by atoms with Crippen LogP contribution in [0.1, 0.15) is 25.3 Å². The van der Waals surface area contributed by atoms with Crippen LogP contribution in [0.2, 0.25) is 0 Å². The molecule has 0 unspecified atom stereocenters. The summed E-state index contributed by atoms with van der Waals surface area (Å²) in [6.45, 7) is 4.50. The molecule has 0 aliphatic carbocycles. The zero-order valence-corrected chi connectivity index (χ0v) is 32.9. The van der Waals surface area contributed by atoms with E-state index in [1.807, 2.05) is 30.3 Å². The third-order valence-electron chi connectivity index (χ3n) is 11.1. The first-order chi connectivity index (χ1) is 29.0. The maximum atomic E-state index is 5.35. The molecule has 0 radical (unpaired) electrons. The van der Waals surface area contributed by atoms with Gasteiger partial charge in [-0.05, 0) is 58.0 Å². The van der Waals surface area contributed by atoms with E-state index in [0.29, 0.717) is 11.7 Å². The van der Waals surface area contributed by atoms with Crippen molar-refractivity contribution in [3.05, 3.63) is 206 Å². The molecule has 4 heteroatoms. The molecular weight excluding hydrogens is 717 g/mol. The fourth-order valence-corrected chi connectivity index (χ4v) is 7.91. The van der Waals surface area contributed by atoms with Crippen molar-refractivity contribution in [2.24, 2.45) is 0 Å². The van der Waals surface area contributed by atoms with Crippen molar-refractivity contribution in [1.29, 1.82) is 0 Å². The Labute approximate surface area is 344 Å². The highest BCUT2D eigenvalue weighted by Gasteiger charge is 2.16. The van der Waals surface area contributed by atoms with Crippen LogP contribution in [0, 0.1) is 0 Å². The van der Waals surface area contributed by atoms with Gasteiger partial charge in [0.2, 0.25) is 0 Å². The van der Waals surface area contributed by atoms with Crippen LogP contribution < -0.4 is 0 Å². The van der Waals surface area contributed by atoms with Crippen molar-refractivity contribution in [3.63, 3.8) is 0 Å². The SMILES string of the molecule is CC(C)c1cc(-c2cccc(-c3ccc(-c4cc(-c5ccccc5)nc(-c5ccc(-c6ccccc6)cc5)n4)cc3)c2)nc2c1ccc1ccc(-c3ccccc3)nc12. The Bertz CT molecular complexity index is 3090. The highest BCUT2D eigenvalue weighted by Crippen LogP contribution is 2.36. The summed E-state index contributed by atoms with van der Waals surface area (Å²) in [4.78, 5) is 20.7. The summed E-state index contributed by atoms with van der Waals surface area (Å²) in [5.74, 6) is 1.00. The number of aromatic nitrogens is 4. The Morgan fingerprint density at radius 2 is 0.763 bits per heavy atom. The van der Waals surface area contributed by atoms with Crippen molar-refractivity contribution in [3.8, 4) is 78.7 Å². The first-order valence-electron chi connectivity index (χ1n) is 20.2. The van der Waals surface area contributed by atoms with E-state index in [0.717, 1.165) is 89.1 Å². The number of rotatable bonds is 8. The third kappa shape index (κ3) is 7.17. The second-order valence-electron chi connectivity index (χ2n) is 15.3. The summed E-state index contributed by atoms with van der Waals surface area (Å²) in [7, 11) is 0. The predicted octanol–water partition coefficient (Wildman–Crippen LogP) is 14.4. The van der Waals surface area contributed by atoms with Gasteiger partial charge in [0.25, 0.3) is 0 Å². The van der Waals surface area contributed by atoms with Gasteiger partial charge in [0.1, 0.15) is 0 Å². The van der Waals surface area contributed by atoms with Gasteiger partial charge in [-0.3, -0.25) is 0 Å². The van der Waals surface area contributed by atoms with Gasteiger partial charge >= 0.3 is 0 Å². The average Bonchev–Trinajstić information content (AvgIpc) is 3.31. The minimum Gasteiger partial charge on any atom is -0.245 e. The number of benzene rings is 7. The molecule has 0 aliphatic heterocycles. The number of hydrogen-bond acceptors (Lipinski definition) is 4. The van der Waals surface area contributed by atoms with Crippen molar-refractivity contribution in [2.45, 2.75) is 19.8 Å².